The second-order valence-electron chi connectivity index (χ2n) is 4.85. The maximum atomic E-state index is 11.6. The van der Waals surface area contributed by atoms with Crippen LogP contribution in [0, 0.1) is 6.92 Å². The smallest absolute Gasteiger partial charge is 0.294 e. The monoisotopic (exact) mass is 304 g/mol. The highest BCUT2D eigenvalue weighted by Gasteiger charge is 2.21. The van der Waals surface area contributed by atoms with Crippen LogP contribution in [0.4, 0.5) is 4.39 Å². The number of benzene rings is 1. The number of alkyl halides is 1. The van der Waals surface area contributed by atoms with Gasteiger partial charge in [-0.25, -0.2) is 0 Å². The Morgan fingerprint density at radius 2 is 1.90 bits per heavy atom. The summed E-state index contributed by atoms with van der Waals surface area (Å²) in [7, 11) is -4.02. The average Bonchev–Trinajstić information content (AvgIpc) is 2.33. The molecular formula is C13H21FN2O3S. The van der Waals surface area contributed by atoms with E-state index in [-0.39, 0.29) is 11.6 Å². The lowest BCUT2D eigenvalue weighted by atomic mass is 10.1. The number of halogens is 1. The van der Waals surface area contributed by atoms with Crippen LogP contribution in [0.3, 0.4) is 0 Å². The summed E-state index contributed by atoms with van der Waals surface area (Å²) in [6.07, 6.45) is 0.659. The van der Waals surface area contributed by atoms with Gasteiger partial charge in [0.05, 0.1) is 11.6 Å². The van der Waals surface area contributed by atoms with Crippen molar-refractivity contribution in [3.05, 3.63) is 29.8 Å². The number of likely N-dealkylation sites (tertiary alicyclic amines) is 1. The van der Waals surface area contributed by atoms with Crippen molar-refractivity contribution in [2.75, 3.05) is 26.3 Å². The average molecular weight is 304 g/mol. The van der Waals surface area contributed by atoms with Crippen LogP contribution in [0.15, 0.2) is 29.2 Å². The molecule has 0 aromatic heterocycles. The minimum Gasteiger partial charge on any atom is -0.325 e. The standard InChI is InChI=1S/C7H8O3S.C6H13FN2/c1-6-2-4-7(5-3-6)11(8,9)10;7-2-1-3-9-4-6(8)5-9/h2-5H,1H3,(H,8,9,10);6H,1-5,8H2. The summed E-state index contributed by atoms with van der Waals surface area (Å²) in [4.78, 5) is 2.10. The molecule has 7 heteroatoms. The SMILES string of the molecule is Cc1ccc(S(=O)(=O)O)cc1.NC1CN(CCCF)C1. The van der Waals surface area contributed by atoms with E-state index in [9.17, 15) is 12.8 Å². The minimum atomic E-state index is -4.02. The van der Waals surface area contributed by atoms with Gasteiger partial charge < -0.3 is 10.6 Å². The number of hydrogen-bond donors (Lipinski definition) is 2. The zero-order chi connectivity index (χ0) is 15.2. The van der Waals surface area contributed by atoms with Crippen LogP contribution in [-0.2, 0) is 10.1 Å². The van der Waals surface area contributed by atoms with Crippen molar-refractivity contribution in [3.63, 3.8) is 0 Å². The van der Waals surface area contributed by atoms with Crippen molar-refractivity contribution in [2.24, 2.45) is 5.73 Å². The third-order valence-corrected chi connectivity index (χ3v) is 3.78. The van der Waals surface area contributed by atoms with Gasteiger partial charge in [0.1, 0.15) is 0 Å². The highest BCUT2D eigenvalue weighted by atomic mass is 32.2. The van der Waals surface area contributed by atoms with Gasteiger partial charge in [0.15, 0.2) is 0 Å². The number of nitrogens with zero attached hydrogens (tertiary/aromatic N) is 1. The largest absolute Gasteiger partial charge is 0.325 e. The van der Waals surface area contributed by atoms with Crippen LogP contribution in [-0.4, -0.2) is 50.2 Å². The van der Waals surface area contributed by atoms with Gasteiger partial charge in [-0.2, -0.15) is 8.42 Å². The summed E-state index contributed by atoms with van der Waals surface area (Å²) in [5.41, 5.74) is 6.46. The summed E-state index contributed by atoms with van der Waals surface area (Å²) >= 11 is 0. The topological polar surface area (TPSA) is 83.6 Å². The zero-order valence-corrected chi connectivity index (χ0v) is 12.3. The van der Waals surface area contributed by atoms with Crippen LogP contribution in [0.1, 0.15) is 12.0 Å². The molecule has 0 amide bonds. The summed E-state index contributed by atoms with van der Waals surface area (Å²) < 4.78 is 41.1. The Morgan fingerprint density at radius 1 is 1.35 bits per heavy atom. The van der Waals surface area contributed by atoms with Crippen LogP contribution in [0.25, 0.3) is 0 Å². The maximum Gasteiger partial charge on any atom is 0.294 e. The molecule has 0 atom stereocenters. The molecule has 0 unspecified atom stereocenters. The fourth-order valence-corrected chi connectivity index (χ4v) is 2.27. The molecule has 20 heavy (non-hydrogen) atoms. The number of hydrogen-bond acceptors (Lipinski definition) is 4. The first-order valence-electron chi connectivity index (χ1n) is 6.41. The number of nitrogens with two attached hydrogens (primary N) is 1. The number of aryl methyl sites for hydroxylation is 1. The Labute approximate surface area is 119 Å². The van der Waals surface area contributed by atoms with Gasteiger partial charge in [0.2, 0.25) is 0 Å². The molecule has 1 aliphatic rings. The fraction of sp³-hybridized carbons (Fsp3) is 0.538. The van der Waals surface area contributed by atoms with Crippen molar-refractivity contribution < 1.29 is 17.4 Å². The summed E-state index contributed by atoms with van der Waals surface area (Å²) in [5, 5.41) is 0. The molecule has 0 radical (unpaired) electrons. The van der Waals surface area contributed by atoms with E-state index < -0.39 is 10.1 Å². The van der Waals surface area contributed by atoms with Crippen LogP contribution >= 0.6 is 0 Å². The molecule has 1 aromatic carbocycles. The van der Waals surface area contributed by atoms with Crippen molar-refractivity contribution in [1.82, 2.24) is 4.90 Å². The van der Waals surface area contributed by atoms with E-state index in [4.69, 9.17) is 10.3 Å². The quantitative estimate of drug-likeness (QED) is 0.817. The predicted octanol–water partition coefficient (Wildman–Crippen LogP) is 1.23. The Bertz CT molecular complexity index is 499. The van der Waals surface area contributed by atoms with E-state index in [2.05, 4.69) is 4.90 Å². The molecule has 1 saturated heterocycles. The molecular weight excluding hydrogens is 283 g/mol. The first-order valence-corrected chi connectivity index (χ1v) is 7.85. The first-order chi connectivity index (χ1) is 9.32. The lowest BCUT2D eigenvalue weighted by Crippen LogP contribution is -2.55. The molecule has 0 aliphatic carbocycles. The molecule has 2 rings (SSSR count). The van der Waals surface area contributed by atoms with Crippen molar-refractivity contribution in [2.45, 2.75) is 24.3 Å². The molecule has 1 heterocycles. The zero-order valence-electron chi connectivity index (χ0n) is 11.5. The summed E-state index contributed by atoms with van der Waals surface area (Å²) in [5.74, 6) is 0. The normalized spacial score (nSPS) is 16.2. The fourth-order valence-electron chi connectivity index (χ4n) is 1.79. The van der Waals surface area contributed by atoms with Gasteiger partial charge in [-0.1, -0.05) is 17.7 Å². The molecule has 0 spiro atoms. The van der Waals surface area contributed by atoms with Gasteiger partial charge in [-0.05, 0) is 25.5 Å². The van der Waals surface area contributed by atoms with Crippen LogP contribution in [0.5, 0.6) is 0 Å². The van der Waals surface area contributed by atoms with E-state index in [0.717, 1.165) is 25.2 Å². The second-order valence-corrected chi connectivity index (χ2v) is 6.27. The van der Waals surface area contributed by atoms with Crippen LogP contribution in [0.2, 0.25) is 0 Å². The molecule has 1 aromatic rings. The molecule has 1 aliphatic heterocycles. The van der Waals surface area contributed by atoms with E-state index in [1.165, 1.54) is 12.1 Å². The molecule has 0 saturated carbocycles. The van der Waals surface area contributed by atoms with E-state index >= 15 is 0 Å². The molecule has 114 valence electrons. The third-order valence-electron chi connectivity index (χ3n) is 2.91. The third kappa shape index (κ3) is 5.96. The van der Waals surface area contributed by atoms with Crippen molar-refractivity contribution in [1.29, 1.82) is 0 Å². The lowest BCUT2D eigenvalue weighted by molar-refractivity contribution is 0.145. The van der Waals surface area contributed by atoms with Crippen LogP contribution < -0.4 is 5.73 Å². The van der Waals surface area contributed by atoms with E-state index in [0.29, 0.717) is 12.5 Å². The van der Waals surface area contributed by atoms with Gasteiger partial charge >= 0.3 is 0 Å². The summed E-state index contributed by atoms with van der Waals surface area (Å²) in [6, 6.07) is 6.34. The number of rotatable bonds is 4. The molecule has 5 nitrogen and oxygen atoms in total. The van der Waals surface area contributed by atoms with E-state index in [1.54, 1.807) is 12.1 Å². The van der Waals surface area contributed by atoms with Gasteiger partial charge in [-0.3, -0.25) is 8.94 Å². The Hall–Kier alpha value is -1.02. The Morgan fingerprint density at radius 3 is 2.30 bits per heavy atom. The van der Waals surface area contributed by atoms with Crippen molar-refractivity contribution in [3.8, 4) is 0 Å². The highest BCUT2D eigenvalue weighted by molar-refractivity contribution is 7.85. The maximum absolute atomic E-state index is 11.6. The van der Waals surface area contributed by atoms with E-state index in [1.807, 2.05) is 6.92 Å². The first kappa shape index (κ1) is 17.0. The molecule has 1 fully saturated rings. The lowest BCUT2D eigenvalue weighted by Gasteiger charge is -2.36. The van der Waals surface area contributed by atoms with Gasteiger partial charge in [-0.15, -0.1) is 0 Å². The van der Waals surface area contributed by atoms with Crippen molar-refractivity contribution >= 4 is 10.1 Å². The molecule has 3 N–H and O–H groups in total. The molecule has 0 bridgehead atoms. The minimum absolute atomic E-state index is 0.0666. The Balaban J connectivity index is 0.000000204. The van der Waals surface area contributed by atoms with Gasteiger partial charge in [0.25, 0.3) is 10.1 Å². The summed E-state index contributed by atoms with van der Waals surface area (Å²) in [6.45, 7) is 4.43. The Kier molecular flexibility index (Phi) is 6.54. The van der Waals surface area contributed by atoms with Gasteiger partial charge in [0, 0.05) is 25.7 Å². The predicted molar refractivity (Wildman–Crippen MR) is 76.0 cm³/mol. The second kappa shape index (κ2) is 7.68. The highest BCUT2D eigenvalue weighted by Crippen LogP contribution is 2.08.